The summed E-state index contributed by atoms with van der Waals surface area (Å²) in [6.45, 7) is 3.92. The second-order valence-electron chi connectivity index (χ2n) is 4.46. The lowest BCUT2D eigenvalue weighted by Gasteiger charge is -1.97. The lowest BCUT2D eigenvalue weighted by atomic mass is 10.1. The number of aliphatic carboxylic acids is 1. The van der Waals surface area contributed by atoms with Crippen molar-refractivity contribution < 1.29 is 9.90 Å². The number of hydrogen-bond donors (Lipinski definition) is 1. The standard InChI is InChI=1S/C11H11NO2S/c1-11(2)8(9(11)10(13)14)7-3-6(4-12)5-15-7/h3,5,8-9H,1-2H3,(H,13,14)/t8-,9+/m1/s1. The van der Waals surface area contributed by atoms with E-state index in [0.717, 1.165) is 4.88 Å². The summed E-state index contributed by atoms with van der Waals surface area (Å²) in [6, 6.07) is 3.87. The van der Waals surface area contributed by atoms with E-state index < -0.39 is 5.97 Å². The first-order chi connectivity index (χ1) is 6.98. The molecule has 0 aromatic carbocycles. The Balaban J connectivity index is 2.28. The summed E-state index contributed by atoms with van der Waals surface area (Å²) in [5.74, 6) is -0.971. The van der Waals surface area contributed by atoms with Crippen LogP contribution in [0.1, 0.15) is 30.2 Å². The summed E-state index contributed by atoms with van der Waals surface area (Å²) in [5.41, 5.74) is 0.450. The van der Waals surface area contributed by atoms with Crippen LogP contribution in [0.4, 0.5) is 0 Å². The molecule has 0 aliphatic heterocycles. The highest BCUT2D eigenvalue weighted by Crippen LogP contribution is 2.65. The van der Waals surface area contributed by atoms with Gasteiger partial charge in [-0.2, -0.15) is 5.26 Å². The molecule has 3 nitrogen and oxygen atoms in total. The first-order valence-corrected chi connectivity index (χ1v) is 5.57. The Morgan fingerprint density at radius 1 is 1.67 bits per heavy atom. The zero-order chi connectivity index (χ0) is 11.2. The molecule has 1 aliphatic carbocycles. The fourth-order valence-electron chi connectivity index (χ4n) is 2.20. The highest BCUT2D eigenvalue weighted by Gasteiger charge is 2.63. The minimum absolute atomic E-state index is 0.0714. The second kappa shape index (κ2) is 3.07. The summed E-state index contributed by atoms with van der Waals surface area (Å²) < 4.78 is 0. The third kappa shape index (κ3) is 1.44. The summed E-state index contributed by atoms with van der Waals surface area (Å²) in [5, 5.41) is 19.5. The minimum Gasteiger partial charge on any atom is -0.481 e. The van der Waals surface area contributed by atoms with Crippen LogP contribution in [0.2, 0.25) is 0 Å². The molecule has 1 aromatic heterocycles. The predicted octanol–water partition coefficient (Wildman–Crippen LogP) is 2.44. The molecule has 15 heavy (non-hydrogen) atoms. The van der Waals surface area contributed by atoms with Crippen LogP contribution in [0.25, 0.3) is 0 Å². The van der Waals surface area contributed by atoms with Crippen molar-refractivity contribution in [1.29, 1.82) is 5.26 Å². The molecule has 0 bridgehead atoms. The van der Waals surface area contributed by atoms with Crippen molar-refractivity contribution in [1.82, 2.24) is 0 Å². The molecular formula is C11H11NO2S. The molecule has 2 rings (SSSR count). The first kappa shape index (κ1) is 10.2. The molecule has 0 spiro atoms. The summed E-state index contributed by atoms with van der Waals surface area (Å²) in [6.07, 6.45) is 0. The molecule has 1 N–H and O–H groups in total. The van der Waals surface area contributed by atoms with Crippen molar-refractivity contribution in [3.63, 3.8) is 0 Å². The van der Waals surface area contributed by atoms with Gasteiger partial charge in [-0.3, -0.25) is 4.79 Å². The smallest absolute Gasteiger partial charge is 0.307 e. The van der Waals surface area contributed by atoms with Crippen molar-refractivity contribution in [3.05, 3.63) is 21.9 Å². The number of hydrogen-bond acceptors (Lipinski definition) is 3. The van der Waals surface area contributed by atoms with Crippen molar-refractivity contribution in [2.45, 2.75) is 19.8 Å². The second-order valence-corrected chi connectivity index (χ2v) is 5.41. The fraction of sp³-hybridized carbons (Fsp3) is 0.455. The normalized spacial score (nSPS) is 27.0. The molecule has 0 unspecified atom stereocenters. The number of thiophene rings is 1. The number of carboxylic acids is 1. The predicted molar refractivity (Wildman–Crippen MR) is 56.7 cm³/mol. The summed E-state index contributed by atoms with van der Waals surface area (Å²) >= 11 is 1.48. The SMILES string of the molecule is CC1(C)[C@H](C(=O)O)[C@H]1c1cc(C#N)cs1. The van der Waals surface area contributed by atoms with Crippen LogP contribution in [-0.2, 0) is 4.79 Å². The maximum absolute atomic E-state index is 11.0. The lowest BCUT2D eigenvalue weighted by Crippen LogP contribution is -2.02. The maximum atomic E-state index is 11.0. The Hall–Kier alpha value is -1.34. The van der Waals surface area contributed by atoms with Gasteiger partial charge >= 0.3 is 5.97 Å². The average Bonchev–Trinajstić information content (AvgIpc) is 2.59. The molecule has 4 heteroatoms. The van der Waals surface area contributed by atoms with E-state index in [1.54, 1.807) is 11.4 Å². The number of nitrogens with zero attached hydrogens (tertiary/aromatic N) is 1. The van der Waals surface area contributed by atoms with Gasteiger partial charge in [0.2, 0.25) is 0 Å². The largest absolute Gasteiger partial charge is 0.481 e. The van der Waals surface area contributed by atoms with Crippen LogP contribution in [0, 0.1) is 22.7 Å². The Morgan fingerprint density at radius 2 is 2.33 bits per heavy atom. The molecule has 1 aromatic rings. The van der Waals surface area contributed by atoms with Crippen LogP contribution in [0.5, 0.6) is 0 Å². The van der Waals surface area contributed by atoms with E-state index in [1.165, 1.54) is 11.3 Å². The minimum atomic E-state index is -0.739. The van der Waals surface area contributed by atoms with Gasteiger partial charge in [0, 0.05) is 16.2 Å². The van der Waals surface area contributed by atoms with E-state index in [2.05, 4.69) is 6.07 Å². The highest BCUT2D eigenvalue weighted by atomic mass is 32.1. The number of nitriles is 1. The number of carboxylic acid groups (broad SMARTS) is 1. The van der Waals surface area contributed by atoms with Crippen LogP contribution >= 0.6 is 11.3 Å². The van der Waals surface area contributed by atoms with Gasteiger partial charge in [-0.15, -0.1) is 11.3 Å². The van der Waals surface area contributed by atoms with Gasteiger partial charge in [-0.25, -0.2) is 0 Å². The van der Waals surface area contributed by atoms with Gasteiger partial charge in [0.15, 0.2) is 0 Å². The molecular weight excluding hydrogens is 210 g/mol. The monoisotopic (exact) mass is 221 g/mol. The molecule has 1 fully saturated rings. The van der Waals surface area contributed by atoms with Gasteiger partial charge < -0.3 is 5.11 Å². The van der Waals surface area contributed by atoms with Crippen molar-refractivity contribution >= 4 is 17.3 Å². The maximum Gasteiger partial charge on any atom is 0.307 e. The zero-order valence-corrected chi connectivity index (χ0v) is 9.34. The Labute approximate surface area is 92.0 Å². The average molecular weight is 221 g/mol. The zero-order valence-electron chi connectivity index (χ0n) is 8.52. The number of carbonyl (C=O) groups is 1. The van der Waals surface area contributed by atoms with Gasteiger partial charge in [-0.1, -0.05) is 13.8 Å². The van der Waals surface area contributed by atoms with E-state index in [1.807, 2.05) is 13.8 Å². The molecule has 78 valence electrons. The van der Waals surface area contributed by atoms with Gasteiger partial charge in [0.1, 0.15) is 6.07 Å². The highest BCUT2D eigenvalue weighted by molar-refractivity contribution is 7.10. The molecule has 1 saturated carbocycles. The van der Waals surface area contributed by atoms with Crippen LogP contribution in [0.15, 0.2) is 11.4 Å². The van der Waals surface area contributed by atoms with Crippen LogP contribution in [0.3, 0.4) is 0 Å². The molecule has 2 atom stereocenters. The Morgan fingerprint density at radius 3 is 2.73 bits per heavy atom. The summed E-state index contributed by atoms with van der Waals surface area (Å²) in [7, 11) is 0. The molecule has 0 saturated heterocycles. The van der Waals surface area contributed by atoms with Crippen molar-refractivity contribution in [2.75, 3.05) is 0 Å². The van der Waals surface area contributed by atoms with Crippen molar-refractivity contribution in [2.24, 2.45) is 11.3 Å². The van der Waals surface area contributed by atoms with Crippen LogP contribution in [-0.4, -0.2) is 11.1 Å². The Kier molecular flexibility index (Phi) is 2.09. The van der Waals surface area contributed by atoms with Crippen LogP contribution < -0.4 is 0 Å². The van der Waals surface area contributed by atoms with E-state index in [0.29, 0.717) is 5.56 Å². The van der Waals surface area contributed by atoms with E-state index in [-0.39, 0.29) is 17.3 Å². The van der Waals surface area contributed by atoms with E-state index in [4.69, 9.17) is 10.4 Å². The molecule has 1 heterocycles. The van der Waals surface area contributed by atoms with Gasteiger partial charge in [0.25, 0.3) is 0 Å². The third-order valence-corrected chi connectivity index (χ3v) is 4.16. The lowest BCUT2D eigenvalue weighted by molar-refractivity contribution is -0.139. The topological polar surface area (TPSA) is 61.1 Å². The van der Waals surface area contributed by atoms with Gasteiger partial charge in [-0.05, 0) is 11.5 Å². The quantitative estimate of drug-likeness (QED) is 0.834. The van der Waals surface area contributed by atoms with Crippen molar-refractivity contribution in [3.8, 4) is 6.07 Å². The van der Waals surface area contributed by atoms with E-state index in [9.17, 15) is 4.79 Å². The van der Waals surface area contributed by atoms with Gasteiger partial charge in [0.05, 0.1) is 11.5 Å². The Bertz CT molecular complexity index is 455. The molecule has 1 aliphatic rings. The molecule has 0 amide bonds. The first-order valence-electron chi connectivity index (χ1n) is 4.70. The summed E-state index contributed by atoms with van der Waals surface area (Å²) in [4.78, 5) is 12.0. The third-order valence-electron chi connectivity index (χ3n) is 3.15. The fourth-order valence-corrected chi connectivity index (χ4v) is 3.37. The van der Waals surface area contributed by atoms with E-state index >= 15 is 0 Å². The molecule has 0 radical (unpaired) electrons. The number of rotatable bonds is 2.